The smallest absolute Gasteiger partial charge is 0.384 e. The van der Waals surface area contributed by atoms with Gasteiger partial charge < -0.3 is 10.1 Å². The summed E-state index contributed by atoms with van der Waals surface area (Å²) in [6.07, 6.45) is 3.07. The number of allylic oxidation sites excluding steroid dienone is 1. The first-order chi connectivity index (χ1) is 18.1. The number of rotatable bonds is 6. The third kappa shape index (κ3) is 4.89. The number of hydrogen-bond acceptors (Lipinski definition) is 3. The zero-order valence-electron chi connectivity index (χ0n) is 21.8. The lowest BCUT2D eigenvalue weighted by Crippen LogP contribution is -2.51. The van der Waals surface area contributed by atoms with Crippen LogP contribution in [-0.2, 0) is 27.7 Å². The number of carbonyl (C=O) groups excluding carboxylic acids is 1. The van der Waals surface area contributed by atoms with E-state index in [9.17, 15) is 22.4 Å². The second-order valence-electron chi connectivity index (χ2n) is 11.2. The fraction of sp³-hybridized carbons (Fsp3) is 0.500. The van der Waals surface area contributed by atoms with E-state index in [2.05, 4.69) is 53.6 Å². The highest BCUT2D eigenvalue weighted by Crippen LogP contribution is 2.49. The zero-order chi connectivity index (χ0) is 27.1. The third-order valence-corrected chi connectivity index (χ3v) is 8.96. The Kier molecular flexibility index (Phi) is 7.16. The maximum absolute atomic E-state index is 13.8. The highest BCUT2D eigenvalue weighted by molar-refractivity contribution is 5.83. The minimum atomic E-state index is -4.66. The maximum Gasteiger partial charge on any atom is 0.416 e. The van der Waals surface area contributed by atoms with Gasteiger partial charge in [-0.25, -0.2) is 4.39 Å². The van der Waals surface area contributed by atoms with Crippen LogP contribution >= 0.6 is 0 Å². The van der Waals surface area contributed by atoms with Crippen LogP contribution in [0, 0.1) is 17.2 Å². The van der Waals surface area contributed by atoms with E-state index in [1.165, 1.54) is 11.1 Å². The number of amides is 1. The van der Waals surface area contributed by atoms with Gasteiger partial charge in [0.05, 0.1) is 17.6 Å². The normalized spacial score (nSPS) is 29.1. The summed E-state index contributed by atoms with van der Waals surface area (Å²) >= 11 is 0. The average molecular weight is 531 g/mol. The lowest BCUT2D eigenvalue weighted by Gasteiger charge is -2.46. The predicted octanol–water partition coefficient (Wildman–Crippen LogP) is 5.95. The molecule has 0 bridgehead atoms. The summed E-state index contributed by atoms with van der Waals surface area (Å²) in [6, 6.07) is 11.2. The number of alkyl halides is 3. The highest BCUT2D eigenvalue weighted by Gasteiger charge is 2.50. The Bertz CT molecular complexity index is 1230. The fourth-order valence-corrected chi connectivity index (χ4v) is 6.93. The first kappa shape index (κ1) is 26.9. The summed E-state index contributed by atoms with van der Waals surface area (Å²) in [4.78, 5) is 15.9. The summed E-state index contributed by atoms with van der Waals surface area (Å²) in [5.74, 6) is -0.819. The molecule has 2 fully saturated rings. The second-order valence-corrected chi connectivity index (χ2v) is 11.2. The highest BCUT2D eigenvalue weighted by atomic mass is 19.4. The number of carbonyl (C=O) groups is 1. The molecule has 2 aromatic rings. The van der Waals surface area contributed by atoms with Crippen molar-refractivity contribution in [2.75, 3.05) is 26.8 Å². The molecule has 2 aliphatic carbocycles. The van der Waals surface area contributed by atoms with E-state index in [0.717, 1.165) is 38.1 Å². The summed E-state index contributed by atoms with van der Waals surface area (Å²) in [5, 5.41) is 2.77. The van der Waals surface area contributed by atoms with Gasteiger partial charge in [-0.1, -0.05) is 43.3 Å². The van der Waals surface area contributed by atoms with Crippen LogP contribution in [-0.4, -0.2) is 43.7 Å². The molecule has 0 aromatic heterocycles. The van der Waals surface area contributed by atoms with E-state index in [1.54, 1.807) is 7.11 Å². The Balaban J connectivity index is 1.25. The first-order valence-corrected chi connectivity index (χ1v) is 13.2. The van der Waals surface area contributed by atoms with Gasteiger partial charge >= 0.3 is 6.18 Å². The van der Waals surface area contributed by atoms with Gasteiger partial charge in [0.25, 0.3) is 0 Å². The molecule has 1 heterocycles. The quantitative estimate of drug-likeness (QED) is 0.469. The molecule has 1 spiro atoms. The number of ether oxygens (including phenoxy) is 1. The van der Waals surface area contributed by atoms with Crippen molar-refractivity contribution in [1.29, 1.82) is 0 Å². The predicted molar refractivity (Wildman–Crippen MR) is 138 cm³/mol. The molecule has 1 aliphatic heterocycles. The molecule has 3 aliphatic rings. The minimum absolute atomic E-state index is 0.0485. The van der Waals surface area contributed by atoms with Crippen LogP contribution in [0.1, 0.15) is 54.9 Å². The molecule has 2 unspecified atom stereocenters. The lowest BCUT2D eigenvalue weighted by atomic mass is 9.67. The molecule has 38 heavy (non-hydrogen) atoms. The number of halogens is 4. The summed E-state index contributed by atoms with van der Waals surface area (Å²) in [6.45, 7) is 4.22. The summed E-state index contributed by atoms with van der Waals surface area (Å²) in [7, 11) is 1.56. The van der Waals surface area contributed by atoms with Crippen LogP contribution in [0.25, 0.3) is 6.08 Å². The topological polar surface area (TPSA) is 41.6 Å². The molecule has 0 radical (unpaired) electrons. The van der Waals surface area contributed by atoms with Crippen LogP contribution in [0.5, 0.6) is 0 Å². The fourth-order valence-electron chi connectivity index (χ4n) is 6.93. The Labute approximate surface area is 221 Å². The van der Waals surface area contributed by atoms with Crippen molar-refractivity contribution in [2.24, 2.45) is 11.3 Å². The van der Waals surface area contributed by atoms with Crippen molar-refractivity contribution in [1.82, 2.24) is 10.2 Å². The molecule has 4 nitrogen and oxygen atoms in total. The van der Waals surface area contributed by atoms with Crippen LogP contribution < -0.4 is 5.32 Å². The zero-order valence-corrected chi connectivity index (χ0v) is 21.8. The van der Waals surface area contributed by atoms with Crippen LogP contribution in [0.15, 0.2) is 48.5 Å². The number of nitrogens with one attached hydrogen (secondary N) is 1. The van der Waals surface area contributed by atoms with Gasteiger partial charge in [0, 0.05) is 31.7 Å². The Morgan fingerprint density at radius 2 is 1.97 bits per heavy atom. The van der Waals surface area contributed by atoms with E-state index < -0.39 is 23.0 Å². The van der Waals surface area contributed by atoms with Gasteiger partial charge in [0.15, 0.2) is 0 Å². The number of fused-ring (bicyclic) bond motifs is 2. The van der Waals surface area contributed by atoms with Gasteiger partial charge in [-0.3, -0.25) is 9.69 Å². The SMILES string of the molecule is COCC1(C(=O)NCc2cc(F)cc(C(F)(F)F)c2)CCC(N2CC[C@]3(C=Cc4ccccc43)[C@@H](C)C2)C1. The van der Waals surface area contributed by atoms with Gasteiger partial charge in [-0.05, 0) is 73.0 Å². The molecule has 1 saturated carbocycles. The standard InChI is InChI=1S/C30H34F4N2O2/c1-20-18-36(12-11-29(20)10-7-22-5-3-4-6-26(22)29)25-8-9-28(16-25,19-38-2)27(37)35-17-21-13-23(30(32,33)34)15-24(31)14-21/h3-7,10,13-15,20,25H,8-9,11-12,16-19H2,1-2H3,(H,35,37)/t20-,25?,28?,29+/m0/s1. The second kappa shape index (κ2) is 10.1. The Hall–Kier alpha value is -2.71. The van der Waals surface area contributed by atoms with E-state index in [1.807, 2.05) is 0 Å². The van der Waals surface area contributed by atoms with Crippen LogP contribution in [0.2, 0.25) is 0 Å². The summed E-state index contributed by atoms with van der Waals surface area (Å²) in [5.41, 5.74) is 0.992. The van der Waals surface area contributed by atoms with Crippen molar-refractivity contribution >= 4 is 12.0 Å². The van der Waals surface area contributed by atoms with Crippen molar-refractivity contribution in [3.05, 3.63) is 76.6 Å². The van der Waals surface area contributed by atoms with E-state index >= 15 is 0 Å². The molecule has 1 saturated heterocycles. The molecule has 1 amide bonds. The number of nitrogens with zero attached hydrogens (tertiary/aromatic N) is 1. The molecule has 8 heteroatoms. The first-order valence-electron chi connectivity index (χ1n) is 13.2. The molecule has 1 N–H and O–H groups in total. The Morgan fingerprint density at radius 1 is 1.18 bits per heavy atom. The summed E-state index contributed by atoms with van der Waals surface area (Å²) < 4.78 is 58.6. The minimum Gasteiger partial charge on any atom is -0.384 e. The number of piperidine rings is 1. The number of methoxy groups -OCH3 is 1. The van der Waals surface area contributed by atoms with Crippen molar-refractivity contribution in [3.8, 4) is 0 Å². The van der Waals surface area contributed by atoms with Gasteiger partial charge in [-0.2, -0.15) is 13.2 Å². The van der Waals surface area contributed by atoms with Crippen molar-refractivity contribution < 1.29 is 27.1 Å². The molecule has 204 valence electrons. The average Bonchev–Trinajstić information content (AvgIpc) is 3.48. The van der Waals surface area contributed by atoms with Gasteiger partial charge in [0.1, 0.15) is 5.82 Å². The molecule has 5 rings (SSSR count). The van der Waals surface area contributed by atoms with E-state index in [0.29, 0.717) is 24.8 Å². The van der Waals surface area contributed by atoms with Gasteiger partial charge in [0.2, 0.25) is 5.91 Å². The van der Waals surface area contributed by atoms with Crippen molar-refractivity contribution in [3.63, 3.8) is 0 Å². The Morgan fingerprint density at radius 3 is 2.71 bits per heavy atom. The largest absolute Gasteiger partial charge is 0.416 e. The number of likely N-dealkylation sites (tertiary alicyclic amines) is 1. The monoisotopic (exact) mass is 530 g/mol. The molecule has 2 aromatic carbocycles. The maximum atomic E-state index is 13.8. The van der Waals surface area contributed by atoms with Crippen LogP contribution in [0.4, 0.5) is 17.6 Å². The third-order valence-electron chi connectivity index (χ3n) is 8.96. The van der Waals surface area contributed by atoms with Gasteiger partial charge in [-0.15, -0.1) is 0 Å². The molecular weight excluding hydrogens is 496 g/mol. The molecular formula is C30H34F4N2O2. The van der Waals surface area contributed by atoms with Crippen molar-refractivity contribution in [2.45, 2.75) is 56.8 Å². The number of hydrogen-bond donors (Lipinski definition) is 1. The van der Waals surface area contributed by atoms with E-state index in [4.69, 9.17) is 4.74 Å². The molecule has 4 atom stereocenters. The van der Waals surface area contributed by atoms with E-state index in [-0.39, 0.29) is 36.1 Å². The number of benzene rings is 2. The van der Waals surface area contributed by atoms with Crippen LogP contribution in [0.3, 0.4) is 0 Å². The lowest BCUT2D eigenvalue weighted by molar-refractivity contribution is -0.137.